The summed E-state index contributed by atoms with van der Waals surface area (Å²) in [6, 6.07) is 9.68. The van der Waals surface area contributed by atoms with Crippen LogP contribution in [0.3, 0.4) is 0 Å². The molecule has 0 unspecified atom stereocenters. The first-order valence-electron chi connectivity index (χ1n) is 10.3. The minimum atomic E-state index is -5.41. The second kappa shape index (κ2) is 11.8. The van der Waals surface area contributed by atoms with E-state index in [1.165, 1.54) is 41.3 Å². The zero-order chi connectivity index (χ0) is 27.0. The third-order valence-electron chi connectivity index (χ3n) is 4.64. The molecule has 0 aliphatic heterocycles. The first-order valence-corrected chi connectivity index (χ1v) is 10.3. The zero-order valence-electron chi connectivity index (χ0n) is 19.2. The highest BCUT2D eigenvalue weighted by Gasteiger charge is 2.43. The normalized spacial score (nSPS) is 11.7. The van der Waals surface area contributed by atoms with Gasteiger partial charge in [-0.25, -0.2) is 9.59 Å². The predicted octanol–water partition coefficient (Wildman–Crippen LogP) is 1.87. The van der Waals surface area contributed by atoms with Gasteiger partial charge in [0.1, 0.15) is 17.6 Å². The van der Waals surface area contributed by atoms with E-state index in [-0.39, 0.29) is 41.6 Å². The Labute approximate surface area is 203 Å². The van der Waals surface area contributed by atoms with Crippen LogP contribution >= 0.6 is 0 Å². The van der Waals surface area contributed by atoms with Crippen LogP contribution < -0.4 is 15.8 Å². The van der Waals surface area contributed by atoms with Crippen molar-refractivity contribution < 1.29 is 41.8 Å². The molecule has 2 amide bonds. The lowest BCUT2D eigenvalue weighted by Gasteiger charge is -2.18. The standard InChI is InChI=1S/C23H23F3N4O6/c1-30(2)20(32)14-8-6-13(7-9-14)19(31)29-17(21(33)36-22(34)23(24,25)26)10-11-35-16-5-3-4-15(12-16)18(27)28/h3-9,12,17H,10-11H2,1-2H3,(H3,27,28)(H,29,31)/t17-/m1/s1. The van der Waals surface area contributed by atoms with Crippen LogP contribution in [0.5, 0.6) is 5.75 Å². The van der Waals surface area contributed by atoms with E-state index in [2.05, 4.69) is 10.1 Å². The second-order valence-corrected chi connectivity index (χ2v) is 7.59. The van der Waals surface area contributed by atoms with Crippen LogP contribution in [0.25, 0.3) is 0 Å². The van der Waals surface area contributed by atoms with E-state index < -0.39 is 30.1 Å². The Morgan fingerprint density at radius 2 is 1.64 bits per heavy atom. The molecule has 0 saturated carbocycles. The first-order chi connectivity index (χ1) is 16.8. The molecule has 0 aliphatic carbocycles. The molecule has 0 aromatic heterocycles. The van der Waals surface area contributed by atoms with E-state index >= 15 is 0 Å². The number of nitrogens with one attached hydrogen (secondary N) is 2. The molecule has 0 fully saturated rings. The SMILES string of the molecule is CN(C)C(=O)c1ccc(C(=O)N[C@H](CCOc2cccc(C(=N)N)c2)C(=O)OC(=O)C(F)(F)F)cc1. The van der Waals surface area contributed by atoms with Gasteiger partial charge < -0.3 is 25.4 Å². The fourth-order valence-electron chi connectivity index (χ4n) is 2.78. The lowest BCUT2D eigenvalue weighted by molar-refractivity contribution is -0.202. The summed E-state index contributed by atoms with van der Waals surface area (Å²) >= 11 is 0. The number of hydrogen-bond acceptors (Lipinski definition) is 7. The van der Waals surface area contributed by atoms with Crippen LogP contribution in [0.1, 0.15) is 32.7 Å². The van der Waals surface area contributed by atoms with E-state index in [1.807, 2.05) is 0 Å². The van der Waals surface area contributed by atoms with Crippen LogP contribution in [0, 0.1) is 5.41 Å². The molecule has 2 aromatic carbocycles. The summed E-state index contributed by atoms with van der Waals surface area (Å²) in [6.07, 6.45) is -5.78. The maximum absolute atomic E-state index is 12.6. The number of benzene rings is 2. The number of hydrogen-bond donors (Lipinski definition) is 3. The van der Waals surface area contributed by atoms with Crippen molar-refractivity contribution in [1.82, 2.24) is 10.2 Å². The highest BCUT2D eigenvalue weighted by atomic mass is 19.4. The third kappa shape index (κ3) is 7.82. The fraction of sp³-hybridized carbons (Fsp3) is 0.261. The predicted molar refractivity (Wildman–Crippen MR) is 120 cm³/mol. The molecule has 0 spiro atoms. The van der Waals surface area contributed by atoms with Crippen molar-refractivity contribution in [2.75, 3.05) is 20.7 Å². The van der Waals surface area contributed by atoms with Gasteiger partial charge in [0, 0.05) is 37.2 Å². The van der Waals surface area contributed by atoms with Gasteiger partial charge in [-0.3, -0.25) is 15.0 Å². The molecule has 13 heteroatoms. The Morgan fingerprint density at radius 3 is 2.19 bits per heavy atom. The zero-order valence-corrected chi connectivity index (χ0v) is 19.2. The van der Waals surface area contributed by atoms with Gasteiger partial charge in [-0.05, 0) is 36.4 Å². The van der Waals surface area contributed by atoms with E-state index in [4.69, 9.17) is 15.9 Å². The van der Waals surface area contributed by atoms with Gasteiger partial charge in [0.2, 0.25) is 0 Å². The first kappa shape index (κ1) is 27.8. The Bertz CT molecular complexity index is 1150. The summed E-state index contributed by atoms with van der Waals surface area (Å²) in [5.41, 5.74) is 6.04. The van der Waals surface area contributed by atoms with E-state index in [0.29, 0.717) is 5.56 Å². The summed E-state index contributed by atoms with van der Waals surface area (Å²) < 4.78 is 46.9. The number of carbonyl (C=O) groups excluding carboxylic acids is 4. The highest BCUT2D eigenvalue weighted by molar-refractivity contribution is 6.00. The Morgan fingerprint density at radius 1 is 1.03 bits per heavy atom. The van der Waals surface area contributed by atoms with Crippen molar-refractivity contribution in [2.45, 2.75) is 18.6 Å². The Hall–Kier alpha value is -4.42. The van der Waals surface area contributed by atoms with Gasteiger partial charge in [-0.2, -0.15) is 13.2 Å². The lowest BCUT2D eigenvalue weighted by Crippen LogP contribution is -2.44. The van der Waals surface area contributed by atoms with Crippen LogP contribution in [0.4, 0.5) is 13.2 Å². The summed E-state index contributed by atoms with van der Waals surface area (Å²) in [4.78, 5) is 49.3. The van der Waals surface area contributed by atoms with Crippen LogP contribution in [-0.2, 0) is 14.3 Å². The van der Waals surface area contributed by atoms with Crippen molar-refractivity contribution in [3.05, 3.63) is 65.2 Å². The third-order valence-corrected chi connectivity index (χ3v) is 4.64. The number of amidine groups is 1. The lowest BCUT2D eigenvalue weighted by atomic mass is 10.1. The number of nitrogens with two attached hydrogens (primary N) is 1. The average Bonchev–Trinajstić information content (AvgIpc) is 2.82. The second-order valence-electron chi connectivity index (χ2n) is 7.59. The molecule has 192 valence electrons. The van der Waals surface area contributed by atoms with Gasteiger partial charge in [0.05, 0.1) is 6.61 Å². The molecule has 0 saturated heterocycles. The highest BCUT2D eigenvalue weighted by Crippen LogP contribution is 2.18. The molecule has 4 N–H and O–H groups in total. The monoisotopic (exact) mass is 508 g/mol. The smallest absolute Gasteiger partial charge is 0.491 e. The number of nitrogens with zero attached hydrogens (tertiary/aromatic N) is 1. The number of halogens is 3. The Balaban J connectivity index is 2.14. The minimum absolute atomic E-state index is 0.000307. The number of amides is 2. The fourth-order valence-corrected chi connectivity index (χ4v) is 2.78. The average molecular weight is 508 g/mol. The van der Waals surface area contributed by atoms with Crippen molar-refractivity contribution in [3.8, 4) is 5.75 Å². The molecule has 36 heavy (non-hydrogen) atoms. The largest absolute Gasteiger partial charge is 0.493 e. The molecule has 1 atom stereocenters. The van der Waals surface area contributed by atoms with E-state index in [1.54, 1.807) is 26.2 Å². The minimum Gasteiger partial charge on any atom is -0.493 e. The Kier molecular flexibility index (Phi) is 9.13. The molecule has 0 aliphatic rings. The van der Waals surface area contributed by atoms with Crippen molar-refractivity contribution in [1.29, 1.82) is 5.41 Å². The number of nitrogen functional groups attached to an aromatic ring is 1. The van der Waals surface area contributed by atoms with Gasteiger partial charge in [0.25, 0.3) is 11.8 Å². The molecule has 0 heterocycles. The topological polar surface area (TPSA) is 152 Å². The summed E-state index contributed by atoms with van der Waals surface area (Å²) in [6.45, 7) is -0.280. The molecular formula is C23H23F3N4O6. The van der Waals surface area contributed by atoms with Crippen molar-refractivity contribution in [3.63, 3.8) is 0 Å². The summed E-state index contributed by atoms with van der Waals surface area (Å²) in [5.74, 6) is -5.52. The van der Waals surface area contributed by atoms with E-state index in [9.17, 15) is 32.3 Å². The molecular weight excluding hydrogens is 485 g/mol. The number of carbonyl (C=O) groups is 4. The van der Waals surface area contributed by atoms with E-state index in [0.717, 1.165) is 0 Å². The maximum Gasteiger partial charge on any atom is 0.491 e. The van der Waals surface area contributed by atoms with Gasteiger partial charge in [-0.1, -0.05) is 12.1 Å². The van der Waals surface area contributed by atoms with Gasteiger partial charge in [0.15, 0.2) is 0 Å². The summed E-state index contributed by atoms with van der Waals surface area (Å²) in [5, 5.41) is 9.65. The number of rotatable bonds is 9. The molecule has 0 radical (unpaired) electrons. The molecule has 10 nitrogen and oxygen atoms in total. The van der Waals surface area contributed by atoms with Crippen molar-refractivity contribution >= 4 is 29.6 Å². The quantitative estimate of drug-likeness (QED) is 0.202. The number of alkyl halides is 3. The molecule has 0 bridgehead atoms. The number of ether oxygens (including phenoxy) is 2. The van der Waals surface area contributed by atoms with Gasteiger partial charge >= 0.3 is 18.1 Å². The summed E-state index contributed by atoms with van der Waals surface area (Å²) in [7, 11) is 3.08. The number of esters is 2. The van der Waals surface area contributed by atoms with Crippen molar-refractivity contribution in [2.24, 2.45) is 5.73 Å². The van der Waals surface area contributed by atoms with Gasteiger partial charge in [-0.15, -0.1) is 0 Å². The van der Waals surface area contributed by atoms with Crippen LogP contribution in [-0.4, -0.2) is 67.4 Å². The molecule has 2 aromatic rings. The molecule has 2 rings (SSSR count). The maximum atomic E-state index is 12.6. The van der Waals surface area contributed by atoms with Crippen LogP contribution in [0.15, 0.2) is 48.5 Å². The van der Waals surface area contributed by atoms with Crippen LogP contribution in [0.2, 0.25) is 0 Å².